The third-order valence-electron chi connectivity index (χ3n) is 2.87. The molecule has 2 heteroatoms. The number of aliphatic hydroxyl groups excluding tert-OH is 1. The van der Waals surface area contributed by atoms with Crippen LogP contribution in [0.5, 0.6) is 0 Å². The fraction of sp³-hybridized carbons (Fsp3) is 1.00. The maximum Gasteiger partial charge on any atom is 0.0691 e. The van der Waals surface area contributed by atoms with Gasteiger partial charge in [0, 0.05) is 5.54 Å². The van der Waals surface area contributed by atoms with Crippen LogP contribution in [0.4, 0.5) is 0 Å². The molecule has 0 aromatic heterocycles. The first-order chi connectivity index (χ1) is 5.15. The Morgan fingerprint density at radius 1 is 1.18 bits per heavy atom. The third-order valence-corrected chi connectivity index (χ3v) is 2.87. The summed E-state index contributed by atoms with van der Waals surface area (Å²) in [4.78, 5) is 0. The van der Waals surface area contributed by atoms with Crippen molar-refractivity contribution in [2.24, 2.45) is 5.73 Å². The van der Waals surface area contributed by atoms with Crippen LogP contribution in [-0.2, 0) is 0 Å². The first kappa shape index (κ1) is 9.01. The second-order valence-electron chi connectivity index (χ2n) is 3.82. The van der Waals surface area contributed by atoms with Crippen LogP contribution in [-0.4, -0.2) is 16.7 Å². The van der Waals surface area contributed by atoms with Gasteiger partial charge in [-0.15, -0.1) is 0 Å². The summed E-state index contributed by atoms with van der Waals surface area (Å²) in [6.45, 7) is 1.81. The molecular formula is C9H19NO. The standard InChI is InChI=1S/C9H19NO/c1-8(11)9(10)6-4-2-3-5-7-9/h8,11H,2-7,10H2,1H3/t8-/m0/s1. The van der Waals surface area contributed by atoms with Gasteiger partial charge in [-0.1, -0.05) is 25.7 Å². The second kappa shape index (κ2) is 3.55. The Balaban J connectivity index is 2.52. The summed E-state index contributed by atoms with van der Waals surface area (Å²) in [5, 5.41) is 9.44. The van der Waals surface area contributed by atoms with Gasteiger partial charge in [-0.25, -0.2) is 0 Å². The molecule has 3 N–H and O–H groups in total. The topological polar surface area (TPSA) is 46.2 Å². The maximum atomic E-state index is 9.44. The monoisotopic (exact) mass is 157 g/mol. The highest BCUT2D eigenvalue weighted by molar-refractivity contribution is 4.90. The van der Waals surface area contributed by atoms with Crippen molar-refractivity contribution in [1.82, 2.24) is 0 Å². The number of hydrogen-bond donors (Lipinski definition) is 2. The van der Waals surface area contributed by atoms with Gasteiger partial charge >= 0.3 is 0 Å². The third kappa shape index (κ3) is 2.17. The van der Waals surface area contributed by atoms with E-state index in [1.807, 2.05) is 6.92 Å². The largest absolute Gasteiger partial charge is 0.392 e. The van der Waals surface area contributed by atoms with E-state index in [1.54, 1.807) is 0 Å². The first-order valence-electron chi connectivity index (χ1n) is 4.62. The van der Waals surface area contributed by atoms with Gasteiger partial charge in [0.1, 0.15) is 0 Å². The molecule has 0 unspecified atom stereocenters. The molecule has 1 aliphatic rings. The van der Waals surface area contributed by atoms with E-state index in [-0.39, 0.29) is 11.6 Å². The quantitative estimate of drug-likeness (QED) is 0.565. The SMILES string of the molecule is C[C@H](O)C1(N)CCCCCC1. The van der Waals surface area contributed by atoms with Gasteiger partial charge in [0.15, 0.2) is 0 Å². The molecule has 0 radical (unpaired) electrons. The summed E-state index contributed by atoms with van der Waals surface area (Å²) < 4.78 is 0. The zero-order valence-electron chi connectivity index (χ0n) is 7.34. The lowest BCUT2D eigenvalue weighted by Crippen LogP contribution is -2.48. The minimum atomic E-state index is -0.347. The molecule has 0 heterocycles. The summed E-state index contributed by atoms with van der Waals surface area (Å²) in [6, 6.07) is 0. The van der Waals surface area contributed by atoms with Gasteiger partial charge in [0.25, 0.3) is 0 Å². The molecule has 0 aliphatic heterocycles. The van der Waals surface area contributed by atoms with Crippen molar-refractivity contribution >= 4 is 0 Å². The average molecular weight is 157 g/mol. The Morgan fingerprint density at radius 3 is 2.00 bits per heavy atom. The molecule has 2 nitrogen and oxygen atoms in total. The summed E-state index contributed by atoms with van der Waals surface area (Å²) in [5.41, 5.74) is 5.77. The van der Waals surface area contributed by atoms with Gasteiger partial charge in [-0.2, -0.15) is 0 Å². The van der Waals surface area contributed by atoms with Crippen molar-refractivity contribution < 1.29 is 5.11 Å². The van der Waals surface area contributed by atoms with E-state index in [2.05, 4.69) is 0 Å². The Morgan fingerprint density at radius 2 is 1.64 bits per heavy atom. The Hall–Kier alpha value is -0.0800. The van der Waals surface area contributed by atoms with Crippen molar-refractivity contribution in [2.45, 2.75) is 57.1 Å². The lowest BCUT2D eigenvalue weighted by molar-refractivity contribution is 0.0897. The first-order valence-corrected chi connectivity index (χ1v) is 4.62. The summed E-state index contributed by atoms with van der Waals surface area (Å²) in [6.07, 6.45) is 6.57. The summed E-state index contributed by atoms with van der Waals surface area (Å²) >= 11 is 0. The van der Waals surface area contributed by atoms with Crippen LogP contribution < -0.4 is 5.73 Å². The lowest BCUT2D eigenvalue weighted by Gasteiger charge is -2.31. The van der Waals surface area contributed by atoms with Crippen LogP contribution >= 0.6 is 0 Å². The van der Waals surface area contributed by atoms with Crippen molar-refractivity contribution in [2.75, 3.05) is 0 Å². The number of nitrogens with two attached hydrogens (primary N) is 1. The normalized spacial score (nSPS) is 27.5. The molecule has 1 aliphatic carbocycles. The minimum absolute atomic E-state index is 0.281. The van der Waals surface area contributed by atoms with E-state index in [1.165, 1.54) is 25.7 Å². The predicted molar refractivity (Wildman–Crippen MR) is 46.3 cm³/mol. The van der Waals surface area contributed by atoms with Crippen LogP contribution in [0.1, 0.15) is 45.4 Å². The molecular weight excluding hydrogens is 138 g/mol. The van der Waals surface area contributed by atoms with Gasteiger partial charge < -0.3 is 10.8 Å². The molecule has 0 aromatic carbocycles. The molecule has 0 aromatic rings. The fourth-order valence-electron chi connectivity index (χ4n) is 1.80. The predicted octanol–water partition coefficient (Wildman–Crippen LogP) is 1.42. The van der Waals surface area contributed by atoms with E-state index >= 15 is 0 Å². The zero-order valence-corrected chi connectivity index (χ0v) is 7.34. The Kier molecular flexibility index (Phi) is 2.90. The van der Waals surface area contributed by atoms with Gasteiger partial charge in [0.2, 0.25) is 0 Å². The van der Waals surface area contributed by atoms with E-state index in [4.69, 9.17) is 5.73 Å². The van der Waals surface area contributed by atoms with Crippen molar-refractivity contribution in [1.29, 1.82) is 0 Å². The van der Waals surface area contributed by atoms with E-state index in [9.17, 15) is 5.11 Å². The zero-order chi connectivity index (χ0) is 8.32. The molecule has 0 saturated heterocycles. The van der Waals surface area contributed by atoms with Crippen LogP contribution in [0.3, 0.4) is 0 Å². The molecule has 1 atom stereocenters. The number of rotatable bonds is 1. The Bertz CT molecular complexity index is 115. The smallest absolute Gasteiger partial charge is 0.0691 e. The van der Waals surface area contributed by atoms with Gasteiger partial charge in [-0.05, 0) is 19.8 Å². The van der Waals surface area contributed by atoms with Crippen molar-refractivity contribution in [3.63, 3.8) is 0 Å². The van der Waals surface area contributed by atoms with E-state index in [0.717, 1.165) is 12.8 Å². The molecule has 11 heavy (non-hydrogen) atoms. The highest BCUT2D eigenvalue weighted by Crippen LogP contribution is 2.27. The van der Waals surface area contributed by atoms with Crippen LogP contribution in [0.15, 0.2) is 0 Å². The maximum absolute atomic E-state index is 9.44. The lowest BCUT2D eigenvalue weighted by atomic mass is 9.86. The molecule has 0 amide bonds. The average Bonchev–Trinajstić information content (AvgIpc) is 2.15. The van der Waals surface area contributed by atoms with Gasteiger partial charge in [-0.3, -0.25) is 0 Å². The van der Waals surface area contributed by atoms with Crippen molar-refractivity contribution in [3.8, 4) is 0 Å². The highest BCUT2D eigenvalue weighted by Gasteiger charge is 2.30. The van der Waals surface area contributed by atoms with E-state index < -0.39 is 0 Å². The van der Waals surface area contributed by atoms with E-state index in [0.29, 0.717) is 0 Å². The molecule has 0 spiro atoms. The summed E-state index contributed by atoms with van der Waals surface area (Å²) in [7, 11) is 0. The molecule has 1 rings (SSSR count). The van der Waals surface area contributed by atoms with Crippen LogP contribution in [0.25, 0.3) is 0 Å². The molecule has 66 valence electrons. The number of aliphatic hydroxyl groups is 1. The Labute approximate surface area is 68.8 Å². The minimum Gasteiger partial charge on any atom is -0.392 e. The highest BCUT2D eigenvalue weighted by atomic mass is 16.3. The van der Waals surface area contributed by atoms with Crippen molar-refractivity contribution in [3.05, 3.63) is 0 Å². The van der Waals surface area contributed by atoms with Gasteiger partial charge in [0.05, 0.1) is 6.10 Å². The molecule has 0 bridgehead atoms. The second-order valence-corrected chi connectivity index (χ2v) is 3.82. The summed E-state index contributed by atoms with van der Waals surface area (Å²) in [5.74, 6) is 0. The fourth-order valence-corrected chi connectivity index (χ4v) is 1.80. The van der Waals surface area contributed by atoms with Crippen LogP contribution in [0, 0.1) is 0 Å². The molecule has 1 saturated carbocycles. The number of hydrogen-bond acceptors (Lipinski definition) is 2. The molecule has 1 fully saturated rings. The van der Waals surface area contributed by atoms with Crippen LogP contribution in [0.2, 0.25) is 0 Å².